The summed E-state index contributed by atoms with van der Waals surface area (Å²) in [6.07, 6.45) is 4.81. The molecule has 0 unspecified atom stereocenters. The van der Waals surface area contributed by atoms with Crippen LogP contribution >= 0.6 is 15.9 Å². The summed E-state index contributed by atoms with van der Waals surface area (Å²) in [4.78, 5) is 15.6. The van der Waals surface area contributed by atoms with Crippen LogP contribution in [0.15, 0.2) is 47.2 Å². The van der Waals surface area contributed by atoms with Crippen LogP contribution < -0.4 is 5.32 Å². The third-order valence-electron chi connectivity index (χ3n) is 3.37. The highest BCUT2D eigenvalue weighted by molar-refractivity contribution is 9.10. The molecule has 108 valence electrons. The van der Waals surface area contributed by atoms with Crippen LogP contribution in [0.3, 0.4) is 0 Å². The first-order chi connectivity index (χ1) is 10.2. The average Bonchev–Trinajstić information content (AvgIpc) is 3.05. The normalized spacial score (nSPS) is 11.0. The van der Waals surface area contributed by atoms with Gasteiger partial charge < -0.3 is 14.9 Å². The topological polar surface area (TPSA) is 49.8 Å². The number of benzene rings is 1. The standard InChI is InChI=1S/C16H16BrN3O/c1-2-7-20-10-12(17)9-15(20)16(21)19-13-3-4-14-11(8-13)5-6-18-14/h3-6,8-10,18H,2,7H2,1H3,(H,19,21). The van der Waals surface area contributed by atoms with E-state index in [1.54, 1.807) is 0 Å². The predicted molar refractivity (Wildman–Crippen MR) is 88.7 cm³/mol. The second-order valence-electron chi connectivity index (χ2n) is 4.97. The van der Waals surface area contributed by atoms with Gasteiger partial charge in [0, 0.05) is 40.0 Å². The van der Waals surface area contributed by atoms with E-state index in [0.29, 0.717) is 5.69 Å². The number of nitrogens with one attached hydrogen (secondary N) is 2. The lowest BCUT2D eigenvalue weighted by Crippen LogP contribution is -2.16. The number of hydrogen-bond donors (Lipinski definition) is 2. The number of carbonyl (C=O) groups is 1. The number of aromatic nitrogens is 2. The maximum absolute atomic E-state index is 12.4. The van der Waals surface area contributed by atoms with Crippen molar-refractivity contribution in [1.82, 2.24) is 9.55 Å². The molecule has 0 saturated carbocycles. The molecule has 0 aliphatic rings. The minimum absolute atomic E-state index is 0.0935. The molecule has 0 atom stereocenters. The van der Waals surface area contributed by atoms with Gasteiger partial charge in [-0.15, -0.1) is 0 Å². The Morgan fingerprint density at radius 2 is 2.19 bits per heavy atom. The van der Waals surface area contributed by atoms with Crippen LogP contribution in [0, 0.1) is 0 Å². The molecule has 21 heavy (non-hydrogen) atoms. The fourth-order valence-corrected chi connectivity index (χ4v) is 2.88. The molecular formula is C16H16BrN3O. The van der Waals surface area contributed by atoms with Crippen molar-refractivity contribution in [2.24, 2.45) is 0 Å². The van der Waals surface area contributed by atoms with Crippen LogP contribution in [-0.4, -0.2) is 15.5 Å². The van der Waals surface area contributed by atoms with Gasteiger partial charge in [-0.1, -0.05) is 6.92 Å². The first-order valence-electron chi connectivity index (χ1n) is 6.91. The Morgan fingerprint density at radius 3 is 3.00 bits per heavy atom. The fourth-order valence-electron chi connectivity index (χ4n) is 2.42. The summed E-state index contributed by atoms with van der Waals surface area (Å²) in [7, 11) is 0. The number of fused-ring (bicyclic) bond motifs is 1. The van der Waals surface area contributed by atoms with Crippen molar-refractivity contribution < 1.29 is 4.79 Å². The van der Waals surface area contributed by atoms with Crippen molar-refractivity contribution in [2.75, 3.05) is 5.32 Å². The zero-order chi connectivity index (χ0) is 14.8. The molecule has 2 N–H and O–H groups in total. The van der Waals surface area contributed by atoms with E-state index in [1.165, 1.54) is 0 Å². The SMILES string of the molecule is CCCn1cc(Br)cc1C(=O)Nc1ccc2[nH]ccc2c1. The minimum Gasteiger partial charge on any atom is -0.361 e. The van der Waals surface area contributed by atoms with Gasteiger partial charge >= 0.3 is 0 Å². The molecule has 1 aromatic carbocycles. The van der Waals surface area contributed by atoms with Crippen LogP contribution in [-0.2, 0) is 6.54 Å². The van der Waals surface area contributed by atoms with Crippen LogP contribution in [0.25, 0.3) is 10.9 Å². The molecule has 0 spiro atoms. The number of nitrogens with zero attached hydrogens (tertiary/aromatic N) is 1. The number of H-pyrrole nitrogens is 1. The van der Waals surface area contributed by atoms with Crippen molar-refractivity contribution in [3.8, 4) is 0 Å². The second-order valence-corrected chi connectivity index (χ2v) is 5.89. The highest BCUT2D eigenvalue weighted by atomic mass is 79.9. The summed E-state index contributed by atoms with van der Waals surface area (Å²) in [6.45, 7) is 2.92. The van der Waals surface area contributed by atoms with Crippen molar-refractivity contribution in [1.29, 1.82) is 0 Å². The van der Waals surface area contributed by atoms with Crippen molar-refractivity contribution in [2.45, 2.75) is 19.9 Å². The highest BCUT2D eigenvalue weighted by Gasteiger charge is 2.13. The Hall–Kier alpha value is -2.01. The van der Waals surface area contributed by atoms with Crippen molar-refractivity contribution >= 4 is 38.4 Å². The van der Waals surface area contributed by atoms with Gasteiger partial charge in [-0.05, 0) is 52.7 Å². The van der Waals surface area contributed by atoms with Gasteiger partial charge in [0.15, 0.2) is 0 Å². The monoisotopic (exact) mass is 345 g/mol. The number of anilines is 1. The molecule has 0 radical (unpaired) electrons. The van der Waals surface area contributed by atoms with Gasteiger partial charge in [-0.25, -0.2) is 0 Å². The van der Waals surface area contributed by atoms with Crippen molar-refractivity contribution in [3.63, 3.8) is 0 Å². The molecule has 0 fully saturated rings. The van der Waals surface area contributed by atoms with Gasteiger partial charge in [-0.2, -0.15) is 0 Å². The van der Waals surface area contributed by atoms with E-state index in [1.807, 2.05) is 47.3 Å². The van der Waals surface area contributed by atoms with Gasteiger partial charge in [0.2, 0.25) is 0 Å². The zero-order valence-corrected chi connectivity index (χ0v) is 13.3. The smallest absolute Gasteiger partial charge is 0.272 e. The van der Waals surface area contributed by atoms with Crippen LogP contribution in [0.1, 0.15) is 23.8 Å². The Balaban J connectivity index is 1.85. The molecule has 0 saturated heterocycles. The molecule has 3 rings (SSSR count). The summed E-state index contributed by atoms with van der Waals surface area (Å²) in [5, 5.41) is 4.04. The lowest BCUT2D eigenvalue weighted by Gasteiger charge is -2.09. The second kappa shape index (κ2) is 5.77. The number of aromatic amines is 1. The summed E-state index contributed by atoms with van der Waals surface area (Å²) < 4.78 is 2.89. The molecule has 2 heterocycles. The van der Waals surface area contributed by atoms with Gasteiger partial charge in [0.1, 0.15) is 5.69 Å². The molecule has 0 bridgehead atoms. The predicted octanol–water partition coefficient (Wildman–Crippen LogP) is 4.39. The van der Waals surface area contributed by atoms with E-state index in [2.05, 4.69) is 33.2 Å². The summed E-state index contributed by atoms with van der Waals surface area (Å²) in [6, 6.07) is 9.66. The summed E-state index contributed by atoms with van der Waals surface area (Å²) in [5.74, 6) is -0.0935. The Morgan fingerprint density at radius 1 is 1.33 bits per heavy atom. The number of amides is 1. The van der Waals surface area contributed by atoms with Gasteiger partial charge in [0.25, 0.3) is 5.91 Å². The molecule has 0 aliphatic carbocycles. The van der Waals surface area contributed by atoms with Crippen LogP contribution in [0.5, 0.6) is 0 Å². The molecule has 3 aromatic rings. The molecular weight excluding hydrogens is 330 g/mol. The molecule has 2 aromatic heterocycles. The number of aryl methyl sites for hydroxylation is 1. The number of carbonyl (C=O) groups excluding carboxylic acids is 1. The molecule has 5 heteroatoms. The lowest BCUT2D eigenvalue weighted by atomic mass is 10.2. The summed E-state index contributed by atoms with van der Waals surface area (Å²) in [5.41, 5.74) is 2.52. The van der Waals surface area contributed by atoms with Gasteiger partial charge in [0.05, 0.1) is 0 Å². The lowest BCUT2D eigenvalue weighted by molar-refractivity contribution is 0.101. The van der Waals surface area contributed by atoms with E-state index in [9.17, 15) is 4.79 Å². The molecule has 1 amide bonds. The van der Waals surface area contributed by atoms with Gasteiger partial charge in [-0.3, -0.25) is 4.79 Å². The highest BCUT2D eigenvalue weighted by Crippen LogP contribution is 2.20. The number of rotatable bonds is 4. The quantitative estimate of drug-likeness (QED) is 0.723. The maximum Gasteiger partial charge on any atom is 0.272 e. The fraction of sp³-hybridized carbons (Fsp3) is 0.188. The van der Waals surface area contributed by atoms with E-state index in [0.717, 1.165) is 34.0 Å². The maximum atomic E-state index is 12.4. The average molecular weight is 346 g/mol. The van der Waals surface area contributed by atoms with Crippen LogP contribution in [0.4, 0.5) is 5.69 Å². The molecule has 0 aliphatic heterocycles. The largest absolute Gasteiger partial charge is 0.361 e. The van der Waals surface area contributed by atoms with E-state index in [-0.39, 0.29) is 5.91 Å². The first-order valence-corrected chi connectivity index (χ1v) is 7.71. The van der Waals surface area contributed by atoms with E-state index in [4.69, 9.17) is 0 Å². The van der Waals surface area contributed by atoms with Crippen molar-refractivity contribution in [3.05, 3.63) is 52.9 Å². The van der Waals surface area contributed by atoms with E-state index >= 15 is 0 Å². The Labute approximate surface area is 131 Å². The first kappa shape index (κ1) is 13.9. The number of halogens is 1. The minimum atomic E-state index is -0.0935. The number of hydrogen-bond acceptors (Lipinski definition) is 1. The zero-order valence-electron chi connectivity index (χ0n) is 11.7. The Bertz CT molecular complexity index is 788. The molecule has 4 nitrogen and oxygen atoms in total. The third kappa shape index (κ3) is 2.88. The summed E-state index contributed by atoms with van der Waals surface area (Å²) >= 11 is 3.43. The van der Waals surface area contributed by atoms with Crippen LogP contribution in [0.2, 0.25) is 0 Å². The Kier molecular flexibility index (Phi) is 3.84. The van der Waals surface area contributed by atoms with E-state index < -0.39 is 0 Å². The third-order valence-corrected chi connectivity index (χ3v) is 3.81.